The number of nitrogens with zero attached hydrogens (tertiary/aromatic N) is 3. The fraction of sp³-hybridized carbons (Fsp3) is 0.737. The lowest BCUT2D eigenvalue weighted by Gasteiger charge is -2.56. The number of piperidine rings is 2. The van der Waals surface area contributed by atoms with Crippen LogP contribution in [0.15, 0.2) is 6.07 Å². The first-order valence-corrected chi connectivity index (χ1v) is 9.29. The third kappa shape index (κ3) is 3.07. The van der Waals surface area contributed by atoms with E-state index >= 15 is 0 Å². The van der Waals surface area contributed by atoms with Crippen LogP contribution >= 0.6 is 0 Å². The van der Waals surface area contributed by atoms with Gasteiger partial charge in [0.25, 0.3) is 5.91 Å². The Hall–Kier alpha value is -1.85. The fourth-order valence-corrected chi connectivity index (χ4v) is 4.47. The highest BCUT2D eigenvalue weighted by Gasteiger charge is 2.49. The summed E-state index contributed by atoms with van der Waals surface area (Å²) in [7, 11) is 0. The molecule has 1 aromatic heterocycles. The van der Waals surface area contributed by atoms with Crippen molar-refractivity contribution in [1.29, 1.82) is 0 Å². The summed E-state index contributed by atoms with van der Waals surface area (Å²) < 4.78 is 0. The number of aromatic nitrogens is 2. The summed E-state index contributed by atoms with van der Waals surface area (Å²) in [4.78, 5) is 29.2. The molecule has 2 aliphatic heterocycles. The van der Waals surface area contributed by atoms with Crippen LogP contribution in [0, 0.1) is 0 Å². The lowest BCUT2D eigenvalue weighted by Crippen LogP contribution is -2.68. The van der Waals surface area contributed by atoms with Crippen LogP contribution in [0.2, 0.25) is 0 Å². The predicted octanol–water partition coefficient (Wildman–Crippen LogP) is 2.71. The number of nitrogens with one attached hydrogen (secondary N) is 1. The highest BCUT2D eigenvalue weighted by molar-refractivity contribution is 5.93. The molecule has 6 heteroatoms. The zero-order valence-corrected chi connectivity index (χ0v) is 16.1. The zero-order valence-electron chi connectivity index (χ0n) is 16.1. The van der Waals surface area contributed by atoms with Gasteiger partial charge in [-0.3, -0.25) is 14.7 Å². The third-order valence-corrected chi connectivity index (χ3v) is 5.90. The van der Waals surface area contributed by atoms with Crippen molar-refractivity contribution >= 4 is 11.8 Å². The van der Waals surface area contributed by atoms with Crippen molar-refractivity contribution in [3.63, 3.8) is 0 Å². The number of rotatable bonds is 1. The average molecular weight is 346 g/mol. The Kier molecular flexibility index (Phi) is 4.41. The topological polar surface area (TPSA) is 69.3 Å². The fourth-order valence-electron chi connectivity index (χ4n) is 4.47. The molecule has 2 fully saturated rings. The Balaban J connectivity index is 1.88. The number of hydrogen-bond acceptors (Lipinski definition) is 3. The van der Waals surface area contributed by atoms with E-state index in [4.69, 9.17) is 0 Å². The van der Waals surface area contributed by atoms with E-state index in [-0.39, 0.29) is 28.8 Å². The minimum absolute atomic E-state index is 0.0203. The molecule has 0 saturated carbocycles. The normalized spacial score (nSPS) is 27.2. The summed E-state index contributed by atoms with van der Waals surface area (Å²) in [5.74, 6) is 0.0874. The molecule has 138 valence electrons. The number of H-pyrrole nitrogens is 1. The van der Waals surface area contributed by atoms with Crippen molar-refractivity contribution in [2.45, 2.75) is 77.3 Å². The Morgan fingerprint density at radius 3 is 2.60 bits per heavy atom. The van der Waals surface area contributed by atoms with Crippen molar-refractivity contribution in [3.05, 3.63) is 17.5 Å². The van der Waals surface area contributed by atoms with Gasteiger partial charge in [0.15, 0.2) is 0 Å². The number of aromatic amines is 1. The van der Waals surface area contributed by atoms with Crippen LogP contribution in [0.5, 0.6) is 0 Å². The van der Waals surface area contributed by atoms with E-state index in [1.807, 2.05) is 15.9 Å². The van der Waals surface area contributed by atoms with Crippen LogP contribution in [-0.4, -0.2) is 56.5 Å². The summed E-state index contributed by atoms with van der Waals surface area (Å²) in [5, 5.41) is 7.29. The number of hydrogen-bond donors (Lipinski definition) is 1. The quantitative estimate of drug-likeness (QED) is 0.850. The molecule has 6 nitrogen and oxygen atoms in total. The van der Waals surface area contributed by atoms with Gasteiger partial charge >= 0.3 is 0 Å². The van der Waals surface area contributed by atoms with Crippen molar-refractivity contribution in [3.8, 4) is 0 Å². The minimum Gasteiger partial charge on any atom is -0.335 e. The second kappa shape index (κ2) is 6.15. The molecule has 2 aliphatic rings. The van der Waals surface area contributed by atoms with Crippen LogP contribution < -0.4 is 0 Å². The Morgan fingerprint density at radius 1 is 1.28 bits per heavy atom. The van der Waals surface area contributed by atoms with E-state index in [9.17, 15) is 9.59 Å². The third-order valence-electron chi connectivity index (χ3n) is 5.90. The van der Waals surface area contributed by atoms with Crippen molar-refractivity contribution in [1.82, 2.24) is 20.0 Å². The summed E-state index contributed by atoms with van der Waals surface area (Å²) in [6, 6.07) is 1.95. The molecule has 25 heavy (non-hydrogen) atoms. The van der Waals surface area contributed by atoms with Crippen molar-refractivity contribution in [2.24, 2.45) is 0 Å². The number of likely N-dealkylation sites (tertiary alicyclic amines) is 2. The molecule has 2 atom stereocenters. The second-order valence-electron chi connectivity index (χ2n) is 8.70. The van der Waals surface area contributed by atoms with Crippen LogP contribution in [0.4, 0.5) is 0 Å². The highest BCUT2D eigenvalue weighted by atomic mass is 16.2. The van der Waals surface area contributed by atoms with Gasteiger partial charge in [0.2, 0.25) is 5.91 Å². The van der Waals surface area contributed by atoms with Gasteiger partial charge in [-0.25, -0.2) is 0 Å². The lowest BCUT2D eigenvalue weighted by molar-refractivity contribution is -0.143. The van der Waals surface area contributed by atoms with Gasteiger partial charge in [-0.15, -0.1) is 0 Å². The van der Waals surface area contributed by atoms with Crippen LogP contribution in [0.1, 0.15) is 76.5 Å². The van der Waals surface area contributed by atoms with Crippen molar-refractivity contribution < 1.29 is 9.59 Å². The molecule has 0 aromatic carbocycles. The van der Waals surface area contributed by atoms with E-state index in [1.54, 1.807) is 6.92 Å². The molecule has 0 unspecified atom stereocenters. The van der Waals surface area contributed by atoms with Gasteiger partial charge in [0.05, 0.1) is 11.6 Å². The average Bonchev–Trinajstić information content (AvgIpc) is 3.02. The monoisotopic (exact) mass is 346 g/mol. The van der Waals surface area contributed by atoms with E-state index < -0.39 is 0 Å². The Labute approximate surface area is 149 Å². The van der Waals surface area contributed by atoms with E-state index in [1.165, 1.54) is 0 Å². The Bertz CT molecular complexity index is 675. The van der Waals surface area contributed by atoms with Gasteiger partial charge in [-0.05, 0) is 38.7 Å². The largest absolute Gasteiger partial charge is 0.335 e. The van der Waals surface area contributed by atoms with Crippen LogP contribution in [-0.2, 0) is 10.2 Å². The van der Waals surface area contributed by atoms with Gasteiger partial charge in [0, 0.05) is 31.1 Å². The highest BCUT2D eigenvalue weighted by Crippen LogP contribution is 2.39. The van der Waals surface area contributed by atoms with E-state index in [2.05, 4.69) is 37.9 Å². The molecule has 0 spiro atoms. The van der Waals surface area contributed by atoms with Gasteiger partial charge in [0.1, 0.15) is 5.69 Å². The number of carbonyl (C=O) groups is 2. The van der Waals surface area contributed by atoms with Gasteiger partial charge < -0.3 is 9.80 Å². The van der Waals surface area contributed by atoms with Crippen molar-refractivity contribution in [2.75, 3.05) is 13.1 Å². The van der Waals surface area contributed by atoms with Crippen LogP contribution in [0.25, 0.3) is 0 Å². The number of carbonyl (C=O) groups excluding carboxylic acids is 2. The predicted molar refractivity (Wildman–Crippen MR) is 96.4 cm³/mol. The van der Waals surface area contributed by atoms with E-state index in [0.717, 1.165) is 44.5 Å². The maximum Gasteiger partial charge on any atom is 0.274 e. The maximum absolute atomic E-state index is 13.2. The number of fused-ring (bicyclic) bond motifs is 1. The molecule has 3 heterocycles. The summed E-state index contributed by atoms with van der Waals surface area (Å²) in [6.07, 6.45) is 3.76. The summed E-state index contributed by atoms with van der Waals surface area (Å²) in [6.45, 7) is 11.6. The van der Waals surface area contributed by atoms with Gasteiger partial charge in [-0.1, -0.05) is 20.8 Å². The Morgan fingerprint density at radius 2 is 2.00 bits per heavy atom. The molecule has 3 rings (SSSR count). The second-order valence-corrected chi connectivity index (χ2v) is 8.70. The zero-order chi connectivity index (χ0) is 18.4. The lowest BCUT2D eigenvalue weighted by atomic mass is 9.76. The molecule has 0 aliphatic carbocycles. The maximum atomic E-state index is 13.2. The molecule has 2 amide bonds. The first kappa shape index (κ1) is 18.0. The first-order chi connectivity index (χ1) is 11.6. The standard InChI is InChI=1S/C19H30N4O2/c1-13(24)23-11-6-8-16-19(23,5)9-7-10-22(16)17(25)14-12-15(21-20-14)18(2,3)4/h12,16H,6-11H2,1-5H3,(H,20,21)/t16-,19-/m0/s1. The SMILES string of the molecule is CC(=O)N1CCC[C@@H]2N(C(=O)c3cc(C(C)(C)C)[nH]n3)CCC[C@@]21C. The molecular formula is C19H30N4O2. The van der Waals surface area contributed by atoms with E-state index in [0.29, 0.717) is 5.69 Å². The molecule has 2 saturated heterocycles. The first-order valence-electron chi connectivity index (χ1n) is 9.29. The van der Waals surface area contributed by atoms with Gasteiger partial charge in [-0.2, -0.15) is 5.10 Å². The minimum atomic E-state index is -0.263. The summed E-state index contributed by atoms with van der Waals surface area (Å²) >= 11 is 0. The molecular weight excluding hydrogens is 316 g/mol. The molecule has 1 N–H and O–H groups in total. The molecule has 0 bridgehead atoms. The number of amides is 2. The summed E-state index contributed by atoms with van der Waals surface area (Å²) in [5.41, 5.74) is 1.11. The smallest absolute Gasteiger partial charge is 0.274 e. The van der Waals surface area contributed by atoms with Crippen LogP contribution in [0.3, 0.4) is 0 Å². The molecule has 1 aromatic rings. The molecule has 0 radical (unpaired) electrons.